The molecular weight excluding hydrogens is 298 g/mol. The molecular formula is C16H23N3O2S. The van der Waals surface area contributed by atoms with E-state index in [2.05, 4.69) is 10.6 Å². The number of thioether (sulfide) groups is 1. The SMILES string of the molecule is CCNc1cc(/C=C2/SCCN(C)C2=O)cc(NCC)c1O. The maximum atomic E-state index is 12.2. The molecule has 0 unspecified atom stereocenters. The van der Waals surface area contributed by atoms with Crippen molar-refractivity contribution in [2.24, 2.45) is 0 Å². The van der Waals surface area contributed by atoms with E-state index in [4.69, 9.17) is 0 Å². The summed E-state index contributed by atoms with van der Waals surface area (Å²) in [7, 11) is 1.82. The molecule has 1 fully saturated rings. The molecule has 1 saturated heterocycles. The predicted molar refractivity (Wildman–Crippen MR) is 94.5 cm³/mol. The highest BCUT2D eigenvalue weighted by Gasteiger charge is 2.20. The summed E-state index contributed by atoms with van der Waals surface area (Å²) in [4.78, 5) is 14.6. The topological polar surface area (TPSA) is 64.6 Å². The fourth-order valence-electron chi connectivity index (χ4n) is 2.29. The summed E-state index contributed by atoms with van der Waals surface area (Å²) >= 11 is 1.58. The van der Waals surface area contributed by atoms with Gasteiger partial charge < -0.3 is 20.6 Å². The highest BCUT2D eigenvalue weighted by molar-refractivity contribution is 8.04. The Morgan fingerprint density at radius 1 is 1.27 bits per heavy atom. The molecule has 120 valence electrons. The molecule has 6 heteroatoms. The Bertz CT molecular complexity index is 560. The standard InChI is InChI=1S/C16H23N3O2S/c1-4-17-12-8-11(9-13(15(12)20)18-5-2)10-14-16(21)19(3)6-7-22-14/h8-10,17-18,20H,4-7H2,1-3H3/b14-10+. The molecule has 3 N–H and O–H groups in total. The summed E-state index contributed by atoms with van der Waals surface area (Å²) in [6.07, 6.45) is 1.89. The molecule has 2 rings (SSSR count). The summed E-state index contributed by atoms with van der Waals surface area (Å²) in [5.74, 6) is 1.18. The summed E-state index contributed by atoms with van der Waals surface area (Å²) in [6.45, 7) is 6.17. The van der Waals surface area contributed by atoms with Gasteiger partial charge in [0.2, 0.25) is 0 Å². The lowest BCUT2D eigenvalue weighted by molar-refractivity contribution is -0.125. The van der Waals surface area contributed by atoms with Gasteiger partial charge in [-0.2, -0.15) is 0 Å². The van der Waals surface area contributed by atoms with Gasteiger partial charge in [0.1, 0.15) is 0 Å². The Balaban J connectivity index is 2.39. The van der Waals surface area contributed by atoms with Crippen molar-refractivity contribution in [1.82, 2.24) is 4.90 Å². The van der Waals surface area contributed by atoms with Crippen LogP contribution in [0.25, 0.3) is 6.08 Å². The molecule has 0 aliphatic carbocycles. The Kier molecular flexibility index (Phi) is 5.60. The van der Waals surface area contributed by atoms with E-state index >= 15 is 0 Å². The van der Waals surface area contributed by atoms with Gasteiger partial charge in [0.25, 0.3) is 5.91 Å². The summed E-state index contributed by atoms with van der Waals surface area (Å²) in [6, 6.07) is 3.74. The van der Waals surface area contributed by atoms with Gasteiger partial charge in [0, 0.05) is 32.4 Å². The van der Waals surface area contributed by atoms with Crippen molar-refractivity contribution in [1.29, 1.82) is 0 Å². The minimum atomic E-state index is 0.0549. The van der Waals surface area contributed by atoms with Crippen molar-refractivity contribution in [3.63, 3.8) is 0 Å². The molecule has 5 nitrogen and oxygen atoms in total. The van der Waals surface area contributed by atoms with E-state index in [1.807, 2.05) is 39.1 Å². The molecule has 22 heavy (non-hydrogen) atoms. The van der Waals surface area contributed by atoms with E-state index in [0.717, 1.165) is 35.9 Å². The Morgan fingerprint density at radius 3 is 2.41 bits per heavy atom. The third kappa shape index (κ3) is 3.68. The van der Waals surface area contributed by atoms with E-state index < -0.39 is 0 Å². The van der Waals surface area contributed by atoms with Gasteiger partial charge in [0.05, 0.1) is 16.3 Å². The lowest BCUT2D eigenvalue weighted by Crippen LogP contribution is -2.33. The highest BCUT2D eigenvalue weighted by Crippen LogP contribution is 2.35. The van der Waals surface area contributed by atoms with Crippen molar-refractivity contribution in [2.45, 2.75) is 13.8 Å². The van der Waals surface area contributed by atoms with Gasteiger partial charge in [0.15, 0.2) is 5.75 Å². The summed E-state index contributed by atoms with van der Waals surface area (Å²) < 4.78 is 0. The number of phenolic OH excluding ortho intramolecular Hbond substituents is 1. The van der Waals surface area contributed by atoms with Crippen LogP contribution in [0.4, 0.5) is 11.4 Å². The van der Waals surface area contributed by atoms with Crippen molar-refractivity contribution < 1.29 is 9.90 Å². The number of carbonyl (C=O) groups is 1. The molecule has 1 aliphatic rings. The number of phenols is 1. The van der Waals surface area contributed by atoms with Crippen molar-refractivity contribution in [3.8, 4) is 5.75 Å². The van der Waals surface area contributed by atoms with Gasteiger partial charge >= 0.3 is 0 Å². The van der Waals surface area contributed by atoms with E-state index in [9.17, 15) is 9.90 Å². The normalized spacial score (nSPS) is 17.0. The molecule has 0 aromatic heterocycles. The second kappa shape index (κ2) is 7.45. The minimum absolute atomic E-state index is 0.0549. The number of nitrogens with zero attached hydrogens (tertiary/aromatic N) is 1. The van der Waals surface area contributed by atoms with Gasteiger partial charge in [-0.25, -0.2) is 0 Å². The average molecular weight is 321 g/mol. The van der Waals surface area contributed by atoms with Crippen molar-refractivity contribution in [3.05, 3.63) is 22.6 Å². The van der Waals surface area contributed by atoms with Crippen LogP contribution in [0.15, 0.2) is 17.0 Å². The number of amides is 1. The van der Waals surface area contributed by atoms with Gasteiger partial charge in [-0.1, -0.05) is 0 Å². The first kappa shape index (κ1) is 16.5. The Labute approximate surface area is 135 Å². The molecule has 0 radical (unpaired) electrons. The van der Waals surface area contributed by atoms with Crippen LogP contribution in [0.1, 0.15) is 19.4 Å². The maximum Gasteiger partial charge on any atom is 0.260 e. The van der Waals surface area contributed by atoms with Crippen LogP contribution in [-0.2, 0) is 4.79 Å². The van der Waals surface area contributed by atoms with Crippen molar-refractivity contribution in [2.75, 3.05) is 43.1 Å². The highest BCUT2D eigenvalue weighted by atomic mass is 32.2. The van der Waals surface area contributed by atoms with E-state index in [-0.39, 0.29) is 11.7 Å². The average Bonchev–Trinajstić information content (AvgIpc) is 2.49. The second-order valence-electron chi connectivity index (χ2n) is 5.11. The molecule has 1 aromatic carbocycles. The third-order valence-corrected chi connectivity index (χ3v) is 4.40. The zero-order valence-electron chi connectivity index (χ0n) is 13.3. The largest absolute Gasteiger partial charge is 0.504 e. The third-order valence-electron chi connectivity index (χ3n) is 3.41. The number of hydrogen-bond acceptors (Lipinski definition) is 5. The number of benzene rings is 1. The Hall–Kier alpha value is -1.82. The molecule has 1 amide bonds. The van der Waals surface area contributed by atoms with Gasteiger partial charge in [-0.15, -0.1) is 11.8 Å². The smallest absolute Gasteiger partial charge is 0.260 e. The lowest BCUT2D eigenvalue weighted by atomic mass is 10.1. The lowest BCUT2D eigenvalue weighted by Gasteiger charge is -2.23. The first-order valence-electron chi connectivity index (χ1n) is 7.51. The zero-order valence-corrected chi connectivity index (χ0v) is 14.1. The zero-order chi connectivity index (χ0) is 16.1. The second-order valence-corrected chi connectivity index (χ2v) is 6.25. The summed E-state index contributed by atoms with van der Waals surface area (Å²) in [5.41, 5.74) is 2.25. The number of carbonyl (C=O) groups excluding carboxylic acids is 1. The number of aromatic hydroxyl groups is 1. The molecule has 0 bridgehead atoms. The fourth-order valence-corrected chi connectivity index (χ4v) is 3.37. The van der Waals surface area contributed by atoms with Crippen LogP contribution in [0.5, 0.6) is 5.75 Å². The number of nitrogens with one attached hydrogen (secondary N) is 2. The number of rotatable bonds is 5. The van der Waals surface area contributed by atoms with Crippen molar-refractivity contribution >= 4 is 35.1 Å². The molecule has 1 aromatic rings. The van der Waals surface area contributed by atoms with E-state index in [1.165, 1.54) is 0 Å². The molecule has 1 aliphatic heterocycles. The monoisotopic (exact) mass is 321 g/mol. The Morgan fingerprint density at radius 2 is 1.86 bits per heavy atom. The predicted octanol–water partition coefficient (Wildman–Crippen LogP) is 2.80. The quantitative estimate of drug-likeness (QED) is 0.575. The first-order valence-corrected chi connectivity index (χ1v) is 8.50. The molecule has 1 heterocycles. The van der Waals surface area contributed by atoms with E-state index in [0.29, 0.717) is 11.4 Å². The van der Waals surface area contributed by atoms with Gasteiger partial charge in [-0.3, -0.25) is 4.79 Å². The minimum Gasteiger partial charge on any atom is -0.504 e. The van der Waals surface area contributed by atoms with Crippen LogP contribution >= 0.6 is 11.8 Å². The first-order chi connectivity index (χ1) is 10.6. The van der Waals surface area contributed by atoms with E-state index in [1.54, 1.807) is 16.7 Å². The number of likely N-dealkylation sites (N-methyl/N-ethyl adjacent to an activating group) is 1. The van der Waals surface area contributed by atoms with Crippen LogP contribution in [-0.4, -0.2) is 48.3 Å². The van der Waals surface area contributed by atoms with Crippen LogP contribution in [0, 0.1) is 0 Å². The maximum absolute atomic E-state index is 12.2. The molecule has 0 saturated carbocycles. The van der Waals surface area contributed by atoms with Crippen LogP contribution < -0.4 is 10.6 Å². The molecule has 0 atom stereocenters. The molecule has 0 spiro atoms. The van der Waals surface area contributed by atoms with Crippen LogP contribution in [0.3, 0.4) is 0 Å². The number of hydrogen-bond donors (Lipinski definition) is 3. The summed E-state index contributed by atoms with van der Waals surface area (Å²) in [5, 5.41) is 16.6. The van der Waals surface area contributed by atoms with Crippen LogP contribution in [0.2, 0.25) is 0 Å². The van der Waals surface area contributed by atoms with Gasteiger partial charge in [-0.05, 0) is 37.6 Å². The fraction of sp³-hybridized carbons (Fsp3) is 0.438. The number of anilines is 2.